The first-order chi connectivity index (χ1) is 10.7. The second-order valence-corrected chi connectivity index (χ2v) is 8.02. The Kier molecular flexibility index (Phi) is 5.15. The van der Waals surface area contributed by atoms with E-state index in [0.717, 1.165) is 25.2 Å². The Balaban J connectivity index is 1.48. The Bertz CT molecular complexity index is 589. The third-order valence-corrected chi connectivity index (χ3v) is 6.12. The Morgan fingerprint density at radius 3 is 2.68 bits per heavy atom. The fourth-order valence-electron chi connectivity index (χ4n) is 3.46. The zero-order valence-electron chi connectivity index (χ0n) is 13.1. The molecule has 3 rings (SSSR count). The maximum Gasteiger partial charge on any atom is 0.257 e. The van der Waals surface area contributed by atoms with Crippen molar-refractivity contribution < 1.29 is 8.42 Å². The molecule has 0 bridgehead atoms. The molecule has 0 unspecified atom stereocenters. The van der Waals surface area contributed by atoms with Gasteiger partial charge in [-0.3, -0.25) is 0 Å². The minimum absolute atomic E-state index is 0.314. The number of aryl methyl sites for hydroxylation is 1. The molecule has 7 heteroatoms. The molecule has 1 aromatic rings. The number of fused-ring (bicyclic) bond motifs is 1. The van der Waals surface area contributed by atoms with Gasteiger partial charge in [0.25, 0.3) is 10.0 Å². The third kappa shape index (κ3) is 3.70. The molecule has 0 amide bonds. The molecular weight excluding hydrogens is 300 g/mol. The van der Waals surface area contributed by atoms with Crippen molar-refractivity contribution in [1.82, 2.24) is 19.6 Å². The molecule has 0 aromatic carbocycles. The predicted octanol–water partition coefficient (Wildman–Crippen LogP) is 1.42. The van der Waals surface area contributed by atoms with E-state index in [0.29, 0.717) is 24.2 Å². The number of hydrogen-bond acceptors (Lipinski definition) is 4. The van der Waals surface area contributed by atoms with Gasteiger partial charge in [-0.25, -0.2) is 18.1 Å². The predicted molar refractivity (Wildman–Crippen MR) is 85.2 cm³/mol. The van der Waals surface area contributed by atoms with Crippen LogP contribution < -0.4 is 10.0 Å². The lowest BCUT2D eigenvalue weighted by molar-refractivity contribution is 0.461. The monoisotopic (exact) mass is 326 g/mol. The number of sulfonamides is 1. The quantitative estimate of drug-likeness (QED) is 0.612. The van der Waals surface area contributed by atoms with Gasteiger partial charge in [0, 0.05) is 32.1 Å². The number of nitrogens with one attached hydrogen (secondary N) is 2. The maximum atomic E-state index is 12.4. The van der Waals surface area contributed by atoms with E-state index < -0.39 is 10.0 Å². The molecule has 1 fully saturated rings. The van der Waals surface area contributed by atoms with E-state index in [1.807, 2.05) is 4.57 Å². The molecule has 1 aromatic heterocycles. The van der Waals surface area contributed by atoms with Crippen molar-refractivity contribution >= 4 is 10.0 Å². The van der Waals surface area contributed by atoms with Gasteiger partial charge in [-0.1, -0.05) is 25.7 Å². The van der Waals surface area contributed by atoms with Crippen molar-refractivity contribution in [3.63, 3.8) is 0 Å². The largest absolute Gasteiger partial charge is 0.318 e. The van der Waals surface area contributed by atoms with Crippen LogP contribution in [0.25, 0.3) is 0 Å². The van der Waals surface area contributed by atoms with E-state index in [-0.39, 0.29) is 0 Å². The van der Waals surface area contributed by atoms with Gasteiger partial charge in [-0.15, -0.1) is 0 Å². The Labute approximate surface area is 132 Å². The molecule has 1 saturated carbocycles. The minimum atomic E-state index is -3.44. The van der Waals surface area contributed by atoms with Crippen LogP contribution in [0.5, 0.6) is 0 Å². The summed E-state index contributed by atoms with van der Waals surface area (Å²) in [7, 11) is -3.44. The molecule has 2 N–H and O–H groups in total. The van der Waals surface area contributed by atoms with Gasteiger partial charge in [0.05, 0.1) is 6.20 Å². The lowest BCUT2D eigenvalue weighted by atomic mass is 10.1. The van der Waals surface area contributed by atoms with Crippen molar-refractivity contribution in [3.05, 3.63) is 12.0 Å². The fraction of sp³-hybridized carbons (Fsp3) is 0.800. The zero-order valence-corrected chi connectivity index (χ0v) is 13.9. The smallest absolute Gasteiger partial charge is 0.257 e. The average molecular weight is 326 g/mol. The topological polar surface area (TPSA) is 76.0 Å². The molecule has 1 aliphatic carbocycles. The summed E-state index contributed by atoms with van der Waals surface area (Å²) in [6.07, 6.45) is 11.0. The maximum absolute atomic E-state index is 12.4. The minimum Gasteiger partial charge on any atom is -0.318 e. The molecule has 0 radical (unpaired) electrons. The highest BCUT2D eigenvalue weighted by atomic mass is 32.2. The van der Waals surface area contributed by atoms with E-state index in [1.54, 1.807) is 0 Å². The van der Waals surface area contributed by atoms with Crippen molar-refractivity contribution in [2.45, 2.75) is 69.0 Å². The van der Waals surface area contributed by atoms with Gasteiger partial charge < -0.3 is 9.88 Å². The molecule has 0 saturated heterocycles. The van der Waals surface area contributed by atoms with Crippen LogP contribution in [0.1, 0.15) is 50.8 Å². The summed E-state index contributed by atoms with van der Waals surface area (Å²) in [5.41, 5.74) is 0. The van der Waals surface area contributed by atoms with Crippen LogP contribution in [-0.4, -0.2) is 37.1 Å². The molecule has 124 valence electrons. The summed E-state index contributed by atoms with van der Waals surface area (Å²) in [5, 5.41) is 3.80. The highest BCUT2D eigenvalue weighted by molar-refractivity contribution is 7.89. The molecule has 0 spiro atoms. The van der Waals surface area contributed by atoms with Gasteiger partial charge in [0.2, 0.25) is 0 Å². The highest BCUT2D eigenvalue weighted by Crippen LogP contribution is 2.19. The molecule has 0 atom stereocenters. The fourth-order valence-corrected chi connectivity index (χ4v) is 4.66. The summed E-state index contributed by atoms with van der Waals surface area (Å²) in [6.45, 7) is 1.87. The standard InChI is InChI=1S/C15H26N4O2S/c20-22(21,15-12-17-14-8-5-11-19(14)15)18-10-9-16-13-6-3-1-2-4-7-13/h12-13,16,18H,1-11H2. The van der Waals surface area contributed by atoms with Gasteiger partial charge >= 0.3 is 0 Å². The van der Waals surface area contributed by atoms with Gasteiger partial charge in [0.15, 0.2) is 5.03 Å². The summed E-state index contributed by atoms with van der Waals surface area (Å²) < 4.78 is 29.2. The first-order valence-electron chi connectivity index (χ1n) is 8.44. The third-order valence-electron chi connectivity index (χ3n) is 4.66. The lowest BCUT2D eigenvalue weighted by Crippen LogP contribution is -2.37. The normalized spacial score (nSPS) is 20.0. The van der Waals surface area contributed by atoms with Crippen LogP contribution in [0.15, 0.2) is 11.2 Å². The molecule has 2 aliphatic rings. The SMILES string of the molecule is O=S(=O)(NCCNC1CCCCCC1)c1cnc2n1CCC2. The molecular formula is C15H26N4O2S. The summed E-state index contributed by atoms with van der Waals surface area (Å²) in [5.74, 6) is 0.886. The van der Waals surface area contributed by atoms with Crippen LogP contribution in [0.4, 0.5) is 0 Å². The van der Waals surface area contributed by atoms with Crippen molar-refractivity contribution in [3.8, 4) is 0 Å². The Morgan fingerprint density at radius 1 is 1.14 bits per heavy atom. The van der Waals surface area contributed by atoms with Crippen molar-refractivity contribution in [2.24, 2.45) is 0 Å². The number of rotatable bonds is 6. The number of nitrogens with zero attached hydrogens (tertiary/aromatic N) is 2. The molecule has 22 heavy (non-hydrogen) atoms. The van der Waals surface area contributed by atoms with Gasteiger partial charge in [0.1, 0.15) is 5.82 Å². The first-order valence-corrected chi connectivity index (χ1v) is 9.92. The number of hydrogen-bond donors (Lipinski definition) is 2. The Hall–Kier alpha value is -0.920. The lowest BCUT2D eigenvalue weighted by Gasteiger charge is -2.16. The van der Waals surface area contributed by atoms with E-state index in [9.17, 15) is 8.42 Å². The van der Waals surface area contributed by atoms with Gasteiger partial charge in [-0.05, 0) is 19.3 Å². The number of aromatic nitrogens is 2. The average Bonchev–Trinajstić information content (AvgIpc) is 3.00. The first kappa shape index (κ1) is 16.0. The van der Waals surface area contributed by atoms with Crippen LogP contribution in [0.2, 0.25) is 0 Å². The molecule has 2 heterocycles. The van der Waals surface area contributed by atoms with Crippen LogP contribution >= 0.6 is 0 Å². The molecule has 6 nitrogen and oxygen atoms in total. The van der Waals surface area contributed by atoms with E-state index in [1.165, 1.54) is 44.7 Å². The summed E-state index contributed by atoms with van der Waals surface area (Å²) in [6, 6.07) is 0.547. The summed E-state index contributed by atoms with van der Waals surface area (Å²) >= 11 is 0. The van der Waals surface area contributed by atoms with Crippen LogP contribution in [0.3, 0.4) is 0 Å². The van der Waals surface area contributed by atoms with Crippen molar-refractivity contribution in [2.75, 3.05) is 13.1 Å². The Morgan fingerprint density at radius 2 is 1.91 bits per heavy atom. The second kappa shape index (κ2) is 7.10. The number of imidazole rings is 1. The van der Waals surface area contributed by atoms with E-state index in [2.05, 4.69) is 15.0 Å². The van der Waals surface area contributed by atoms with Crippen molar-refractivity contribution in [1.29, 1.82) is 0 Å². The zero-order chi connectivity index (χ0) is 15.4. The van der Waals surface area contributed by atoms with E-state index in [4.69, 9.17) is 0 Å². The molecule has 1 aliphatic heterocycles. The van der Waals surface area contributed by atoms with E-state index >= 15 is 0 Å². The second-order valence-electron chi connectivity index (χ2n) is 6.31. The van der Waals surface area contributed by atoms with Crippen LogP contribution in [0, 0.1) is 0 Å². The van der Waals surface area contributed by atoms with Crippen LogP contribution in [-0.2, 0) is 23.0 Å². The highest BCUT2D eigenvalue weighted by Gasteiger charge is 2.24. The van der Waals surface area contributed by atoms with Gasteiger partial charge in [-0.2, -0.15) is 0 Å². The summed E-state index contributed by atoms with van der Waals surface area (Å²) in [4.78, 5) is 4.20.